The fourth-order valence-corrected chi connectivity index (χ4v) is 4.24. The Morgan fingerprint density at radius 1 is 0.963 bits per heavy atom. The molecule has 138 valence electrons. The van der Waals surface area contributed by atoms with Gasteiger partial charge in [0, 0.05) is 26.9 Å². The summed E-state index contributed by atoms with van der Waals surface area (Å²) >= 11 is 1.30. The van der Waals surface area contributed by atoms with Gasteiger partial charge in [-0.1, -0.05) is 30.0 Å². The Morgan fingerprint density at radius 2 is 1.56 bits per heavy atom. The van der Waals surface area contributed by atoms with E-state index in [2.05, 4.69) is 15.3 Å². The van der Waals surface area contributed by atoms with E-state index in [0.717, 1.165) is 16.3 Å². The lowest BCUT2D eigenvalue weighted by Crippen LogP contribution is -2.14. The van der Waals surface area contributed by atoms with Crippen LogP contribution in [0.3, 0.4) is 0 Å². The molecule has 0 aliphatic carbocycles. The second kappa shape index (κ2) is 8.92. The van der Waals surface area contributed by atoms with Crippen LogP contribution >= 0.6 is 11.8 Å². The molecule has 1 N–H and O–H groups in total. The maximum absolute atomic E-state index is 12.5. The van der Waals surface area contributed by atoms with Gasteiger partial charge in [0.05, 0.1) is 16.6 Å². The highest BCUT2D eigenvalue weighted by molar-refractivity contribution is 7.99. The molecule has 0 radical (unpaired) electrons. The summed E-state index contributed by atoms with van der Waals surface area (Å²) < 4.78 is 12.5. The van der Waals surface area contributed by atoms with Crippen molar-refractivity contribution in [3.05, 3.63) is 72.1 Å². The highest BCUT2D eigenvalue weighted by Gasteiger charge is 2.09. The Morgan fingerprint density at radius 3 is 2.19 bits per heavy atom. The first kappa shape index (κ1) is 19.3. The van der Waals surface area contributed by atoms with E-state index < -0.39 is 10.8 Å². The van der Waals surface area contributed by atoms with Gasteiger partial charge in [-0.3, -0.25) is 4.79 Å². The van der Waals surface area contributed by atoms with Crippen molar-refractivity contribution < 1.29 is 9.00 Å². The molecular formula is C20H19N3O2S2. The van der Waals surface area contributed by atoms with Gasteiger partial charge >= 0.3 is 0 Å². The van der Waals surface area contributed by atoms with Crippen LogP contribution in [0.15, 0.2) is 75.6 Å². The van der Waals surface area contributed by atoms with Gasteiger partial charge in [-0.15, -0.1) is 0 Å². The number of anilines is 1. The number of carbonyl (C=O) groups excluding carboxylic acids is 1. The fraction of sp³-hybridized carbons (Fsp3) is 0.150. The van der Waals surface area contributed by atoms with Crippen molar-refractivity contribution in [2.24, 2.45) is 0 Å². The number of amides is 1. The van der Waals surface area contributed by atoms with Crippen molar-refractivity contribution in [1.29, 1.82) is 0 Å². The zero-order valence-corrected chi connectivity index (χ0v) is 16.6. The quantitative estimate of drug-likeness (QED) is 0.503. The molecule has 1 unspecified atom stereocenters. The summed E-state index contributed by atoms with van der Waals surface area (Å²) in [6, 6.07) is 18.2. The Hall–Kier alpha value is -2.51. The van der Waals surface area contributed by atoms with Gasteiger partial charge in [-0.25, -0.2) is 14.2 Å². The normalized spacial score (nSPS) is 11.8. The summed E-state index contributed by atoms with van der Waals surface area (Å²) in [6.45, 7) is 3.81. The Labute approximate surface area is 165 Å². The molecular weight excluding hydrogens is 378 g/mol. The highest BCUT2D eigenvalue weighted by atomic mass is 32.2. The molecule has 0 fully saturated rings. The Kier molecular flexibility index (Phi) is 6.36. The van der Waals surface area contributed by atoms with Crippen molar-refractivity contribution in [3.8, 4) is 0 Å². The Bertz CT molecular complexity index is 940. The van der Waals surface area contributed by atoms with Gasteiger partial charge in [-0.05, 0) is 56.3 Å². The second-order valence-electron chi connectivity index (χ2n) is 5.88. The van der Waals surface area contributed by atoms with Gasteiger partial charge in [0.2, 0.25) is 5.91 Å². The molecule has 3 aromatic rings. The molecule has 1 heterocycles. The molecule has 1 aromatic heterocycles. The SMILES string of the molecule is Cc1cc(C)nc(SCC(=O)Nc2ccc(S(=O)c3ccccc3)cc2)n1. The third-order valence-corrected chi connectivity index (χ3v) is 5.85. The van der Waals surface area contributed by atoms with Crippen LogP contribution in [-0.2, 0) is 15.6 Å². The lowest BCUT2D eigenvalue weighted by molar-refractivity contribution is -0.113. The molecule has 1 atom stereocenters. The molecule has 0 saturated carbocycles. The van der Waals surface area contributed by atoms with E-state index in [-0.39, 0.29) is 11.7 Å². The van der Waals surface area contributed by atoms with E-state index in [1.165, 1.54) is 11.8 Å². The van der Waals surface area contributed by atoms with Crippen LogP contribution in [0.2, 0.25) is 0 Å². The summed E-state index contributed by atoms with van der Waals surface area (Å²) in [5, 5.41) is 3.43. The van der Waals surface area contributed by atoms with E-state index in [1.807, 2.05) is 50.2 Å². The predicted molar refractivity (Wildman–Crippen MR) is 108 cm³/mol. The number of aromatic nitrogens is 2. The van der Waals surface area contributed by atoms with Crippen molar-refractivity contribution in [3.63, 3.8) is 0 Å². The first-order chi connectivity index (χ1) is 13.0. The lowest BCUT2D eigenvalue weighted by atomic mass is 10.3. The van der Waals surface area contributed by atoms with Crippen LogP contribution in [-0.4, -0.2) is 25.8 Å². The monoisotopic (exact) mass is 397 g/mol. The van der Waals surface area contributed by atoms with Crippen LogP contribution in [0.4, 0.5) is 5.69 Å². The van der Waals surface area contributed by atoms with E-state index in [1.54, 1.807) is 24.3 Å². The largest absolute Gasteiger partial charge is 0.325 e. The molecule has 1 amide bonds. The average Bonchev–Trinajstić information content (AvgIpc) is 2.66. The zero-order chi connectivity index (χ0) is 19.2. The first-order valence-corrected chi connectivity index (χ1v) is 10.5. The summed E-state index contributed by atoms with van der Waals surface area (Å²) in [5.41, 5.74) is 2.43. The van der Waals surface area contributed by atoms with Gasteiger partial charge in [0.25, 0.3) is 0 Å². The molecule has 0 aliphatic heterocycles. The number of hydrogen-bond acceptors (Lipinski definition) is 5. The van der Waals surface area contributed by atoms with Crippen molar-refractivity contribution in [2.45, 2.75) is 28.8 Å². The number of hydrogen-bond donors (Lipinski definition) is 1. The summed E-state index contributed by atoms with van der Waals surface area (Å²) in [4.78, 5) is 22.2. The maximum Gasteiger partial charge on any atom is 0.234 e. The van der Waals surface area contributed by atoms with E-state index in [0.29, 0.717) is 15.7 Å². The van der Waals surface area contributed by atoms with Gasteiger partial charge in [0.15, 0.2) is 5.16 Å². The third-order valence-electron chi connectivity index (χ3n) is 3.60. The molecule has 0 spiro atoms. The minimum atomic E-state index is -1.23. The predicted octanol–water partition coefficient (Wildman–Crippen LogP) is 3.99. The number of aryl methyl sites for hydroxylation is 2. The van der Waals surface area contributed by atoms with Crippen LogP contribution in [0.5, 0.6) is 0 Å². The molecule has 0 bridgehead atoms. The average molecular weight is 398 g/mol. The number of nitrogens with one attached hydrogen (secondary N) is 1. The first-order valence-electron chi connectivity index (χ1n) is 8.33. The second-order valence-corrected chi connectivity index (χ2v) is 8.30. The number of nitrogens with zero attached hydrogens (tertiary/aromatic N) is 2. The van der Waals surface area contributed by atoms with E-state index >= 15 is 0 Å². The van der Waals surface area contributed by atoms with Crippen molar-refractivity contribution >= 4 is 34.2 Å². The maximum atomic E-state index is 12.5. The molecule has 27 heavy (non-hydrogen) atoms. The smallest absolute Gasteiger partial charge is 0.234 e. The van der Waals surface area contributed by atoms with Crippen molar-refractivity contribution in [1.82, 2.24) is 9.97 Å². The molecule has 0 saturated heterocycles. The number of rotatable bonds is 6. The van der Waals surface area contributed by atoms with Crippen LogP contribution in [0.25, 0.3) is 0 Å². The number of carbonyl (C=O) groups is 1. The third kappa shape index (κ3) is 5.48. The summed E-state index contributed by atoms with van der Waals surface area (Å²) in [7, 11) is -1.23. The molecule has 3 rings (SSSR count). The van der Waals surface area contributed by atoms with Gasteiger partial charge in [0.1, 0.15) is 0 Å². The van der Waals surface area contributed by atoms with E-state index in [9.17, 15) is 9.00 Å². The van der Waals surface area contributed by atoms with Gasteiger partial charge in [-0.2, -0.15) is 0 Å². The summed E-state index contributed by atoms with van der Waals surface area (Å²) in [6.07, 6.45) is 0. The number of benzene rings is 2. The molecule has 7 heteroatoms. The molecule has 0 aliphatic rings. The van der Waals surface area contributed by atoms with Crippen LogP contribution in [0, 0.1) is 13.8 Å². The van der Waals surface area contributed by atoms with Crippen molar-refractivity contribution in [2.75, 3.05) is 11.1 Å². The standard InChI is InChI=1S/C20H19N3O2S2/c1-14-12-15(2)22-20(21-14)26-13-19(24)23-16-8-10-18(11-9-16)27(25)17-6-4-3-5-7-17/h3-12H,13H2,1-2H3,(H,23,24). The summed E-state index contributed by atoms with van der Waals surface area (Å²) in [5.74, 6) is 0.0836. The van der Waals surface area contributed by atoms with Crippen LogP contribution in [0.1, 0.15) is 11.4 Å². The minimum Gasteiger partial charge on any atom is -0.325 e. The molecule has 2 aromatic carbocycles. The van der Waals surface area contributed by atoms with Crippen LogP contribution < -0.4 is 5.32 Å². The fourth-order valence-electron chi connectivity index (χ4n) is 2.43. The zero-order valence-electron chi connectivity index (χ0n) is 15.0. The highest BCUT2D eigenvalue weighted by Crippen LogP contribution is 2.19. The Balaban J connectivity index is 1.57. The van der Waals surface area contributed by atoms with E-state index in [4.69, 9.17) is 0 Å². The lowest BCUT2D eigenvalue weighted by Gasteiger charge is -2.07. The number of thioether (sulfide) groups is 1. The molecule has 5 nitrogen and oxygen atoms in total. The topological polar surface area (TPSA) is 72.0 Å². The minimum absolute atomic E-state index is 0.139. The van der Waals surface area contributed by atoms with Gasteiger partial charge < -0.3 is 5.32 Å².